The minimum absolute atomic E-state index is 0.152. The Bertz CT molecular complexity index is 804. The summed E-state index contributed by atoms with van der Waals surface area (Å²) in [6.45, 7) is 4.04. The van der Waals surface area contributed by atoms with Crippen LogP contribution in [0.3, 0.4) is 0 Å². The van der Waals surface area contributed by atoms with E-state index in [4.69, 9.17) is 11.6 Å². The third kappa shape index (κ3) is 3.69. The molecular formula is C16H16ClN5O3. The predicted octanol–water partition coefficient (Wildman–Crippen LogP) is 2.31. The lowest BCUT2D eigenvalue weighted by atomic mass is 10.1. The normalized spacial score (nSPS) is 14.5. The van der Waals surface area contributed by atoms with E-state index in [9.17, 15) is 14.9 Å². The van der Waals surface area contributed by atoms with Gasteiger partial charge in [0, 0.05) is 38.3 Å². The van der Waals surface area contributed by atoms with Crippen molar-refractivity contribution in [2.45, 2.75) is 6.92 Å². The number of carbonyl (C=O) groups excluding carboxylic acids is 1. The van der Waals surface area contributed by atoms with Crippen LogP contribution in [0.2, 0.25) is 5.02 Å². The molecule has 25 heavy (non-hydrogen) atoms. The Balaban J connectivity index is 1.70. The van der Waals surface area contributed by atoms with Crippen LogP contribution in [-0.4, -0.2) is 52.1 Å². The van der Waals surface area contributed by atoms with E-state index < -0.39 is 4.92 Å². The van der Waals surface area contributed by atoms with Gasteiger partial charge in [0.25, 0.3) is 11.6 Å². The van der Waals surface area contributed by atoms with Crippen molar-refractivity contribution in [2.24, 2.45) is 0 Å². The summed E-state index contributed by atoms with van der Waals surface area (Å²) in [5.74, 6) is 0.467. The molecule has 0 bridgehead atoms. The number of non-ortho nitro benzene ring substituents is 1. The van der Waals surface area contributed by atoms with Crippen LogP contribution >= 0.6 is 11.6 Å². The monoisotopic (exact) mass is 361 g/mol. The third-order valence-corrected chi connectivity index (χ3v) is 4.40. The zero-order valence-electron chi connectivity index (χ0n) is 13.6. The number of nitrogens with zero attached hydrogens (tertiary/aromatic N) is 5. The van der Waals surface area contributed by atoms with Gasteiger partial charge in [-0.15, -0.1) is 5.10 Å². The van der Waals surface area contributed by atoms with Gasteiger partial charge < -0.3 is 9.80 Å². The number of piperazine rings is 1. The summed E-state index contributed by atoms with van der Waals surface area (Å²) < 4.78 is 0. The number of amides is 1. The Morgan fingerprint density at radius 3 is 2.48 bits per heavy atom. The number of halogens is 1. The van der Waals surface area contributed by atoms with E-state index >= 15 is 0 Å². The molecule has 9 heteroatoms. The van der Waals surface area contributed by atoms with E-state index in [2.05, 4.69) is 10.2 Å². The maximum absolute atomic E-state index is 12.7. The molecule has 0 radical (unpaired) electrons. The summed E-state index contributed by atoms with van der Waals surface area (Å²) in [4.78, 5) is 26.7. The third-order valence-electron chi connectivity index (χ3n) is 4.07. The van der Waals surface area contributed by atoms with Crippen molar-refractivity contribution in [1.29, 1.82) is 0 Å². The zero-order valence-corrected chi connectivity index (χ0v) is 14.3. The number of rotatable bonds is 3. The lowest BCUT2D eigenvalue weighted by molar-refractivity contribution is -0.384. The Labute approximate surface area is 149 Å². The molecule has 1 aromatic carbocycles. The number of nitro benzene ring substituents is 1. The molecule has 2 aromatic rings. The molecule has 0 saturated carbocycles. The van der Waals surface area contributed by atoms with Crippen molar-refractivity contribution in [3.8, 4) is 0 Å². The standard InChI is InChI=1S/C16H16ClN5O3/c1-11-2-5-15(19-18-11)20-6-8-21(9-7-20)16(23)13-10-12(22(24)25)3-4-14(13)17/h2-5,10H,6-9H2,1H3. The molecule has 1 saturated heterocycles. The highest BCUT2D eigenvalue weighted by Crippen LogP contribution is 2.24. The van der Waals surface area contributed by atoms with Gasteiger partial charge in [0.1, 0.15) is 0 Å². The van der Waals surface area contributed by atoms with E-state index in [0.717, 1.165) is 11.5 Å². The van der Waals surface area contributed by atoms with Crippen LogP contribution in [0.15, 0.2) is 30.3 Å². The van der Waals surface area contributed by atoms with Crippen molar-refractivity contribution >= 4 is 29.0 Å². The van der Waals surface area contributed by atoms with Crippen LogP contribution in [0, 0.1) is 17.0 Å². The molecular weight excluding hydrogens is 346 g/mol. The summed E-state index contributed by atoms with van der Waals surface area (Å²) in [6, 6.07) is 7.68. The lowest BCUT2D eigenvalue weighted by Crippen LogP contribution is -2.49. The maximum atomic E-state index is 12.7. The molecule has 0 spiro atoms. The number of nitro groups is 1. The number of benzene rings is 1. The average molecular weight is 362 g/mol. The molecule has 0 atom stereocenters. The molecule has 0 aliphatic carbocycles. The van der Waals surface area contributed by atoms with Gasteiger partial charge in [-0.3, -0.25) is 14.9 Å². The molecule has 0 unspecified atom stereocenters. The first-order valence-corrected chi connectivity index (χ1v) is 8.12. The van der Waals surface area contributed by atoms with Gasteiger partial charge >= 0.3 is 0 Å². The highest BCUT2D eigenvalue weighted by Gasteiger charge is 2.25. The second kappa shape index (κ2) is 7.02. The minimum atomic E-state index is -0.541. The summed E-state index contributed by atoms with van der Waals surface area (Å²) in [5, 5.41) is 19.3. The number of hydrogen-bond acceptors (Lipinski definition) is 6. The largest absolute Gasteiger partial charge is 0.352 e. The van der Waals surface area contributed by atoms with E-state index in [1.165, 1.54) is 18.2 Å². The molecule has 1 fully saturated rings. The molecule has 1 aliphatic rings. The van der Waals surface area contributed by atoms with Crippen LogP contribution in [0.4, 0.5) is 11.5 Å². The molecule has 130 valence electrons. The van der Waals surface area contributed by atoms with Crippen molar-refractivity contribution in [2.75, 3.05) is 31.1 Å². The molecule has 1 amide bonds. The first kappa shape index (κ1) is 17.1. The van der Waals surface area contributed by atoms with Gasteiger partial charge in [0.15, 0.2) is 5.82 Å². The van der Waals surface area contributed by atoms with E-state index in [-0.39, 0.29) is 22.2 Å². The topological polar surface area (TPSA) is 92.5 Å². The molecule has 8 nitrogen and oxygen atoms in total. The van der Waals surface area contributed by atoms with Crippen LogP contribution in [0.5, 0.6) is 0 Å². The number of hydrogen-bond donors (Lipinski definition) is 0. The van der Waals surface area contributed by atoms with Crippen molar-refractivity contribution in [3.63, 3.8) is 0 Å². The molecule has 2 heterocycles. The molecule has 3 rings (SSSR count). The Morgan fingerprint density at radius 1 is 1.16 bits per heavy atom. The lowest BCUT2D eigenvalue weighted by Gasteiger charge is -2.35. The van der Waals surface area contributed by atoms with Gasteiger partial charge in [-0.05, 0) is 25.1 Å². The number of anilines is 1. The van der Waals surface area contributed by atoms with E-state index in [1.807, 2.05) is 24.0 Å². The Morgan fingerprint density at radius 2 is 1.88 bits per heavy atom. The fourth-order valence-corrected chi connectivity index (χ4v) is 2.86. The van der Waals surface area contributed by atoms with Crippen molar-refractivity contribution in [3.05, 3.63) is 56.7 Å². The highest BCUT2D eigenvalue weighted by atomic mass is 35.5. The van der Waals surface area contributed by atoms with Crippen LogP contribution in [0.25, 0.3) is 0 Å². The highest BCUT2D eigenvalue weighted by molar-refractivity contribution is 6.33. The summed E-state index contributed by atoms with van der Waals surface area (Å²) in [5.41, 5.74) is 0.846. The van der Waals surface area contributed by atoms with Gasteiger partial charge in [-0.1, -0.05) is 11.6 Å². The molecule has 1 aliphatic heterocycles. The predicted molar refractivity (Wildman–Crippen MR) is 93.0 cm³/mol. The SMILES string of the molecule is Cc1ccc(N2CCN(C(=O)c3cc([N+](=O)[O-])ccc3Cl)CC2)nn1. The Hall–Kier alpha value is -2.74. The second-order valence-electron chi connectivity index (χ2n) is 5.73. The van der Waals surface area contributed by atoms with Crippen molar-refractivity contribution < 1.29 is 9.72 Å². The van der Waals surface area contributed by atoms with Crippen LogP contribution in [0.1, 0.15) is 16.1 Å². The number of aryl methyl sites for hydroxylation is 1. The van der Waals surface area contributed by atoms with Gasteiger partial charge in [0.2, 0.25) is 0 Å². The number of carbonyl (C=O) groups is 1. The Kier molecular flexibility index (Phi) is 4.80. The molecule has 1 aromatic heterocycles. The van der Waals surface area contributed by atoms with Gasteiger partial charge in [-0.25, -0.2) is 0 Å². The zero-order chi connectivity index (χ0) is 18.0. The van der Waals surface area contributed by atoms with Gasteiger partial charge in [0.05, 0.1) is 21.2 Å². The summed E-state index contributed by atoms with van der Waals surface area (Å²) >= 11 is 6.06. The second-order valence-corrected chi connectivity index (χ2v) is 6.14. The quantitative estimate of drug-likeness (QED) is 0.615. The first-order valence-electron chi connectivity index (χ1n) is 7.74. The summed E-state index contributed by atoms with van der Waals surface area (Å²) in [6.07, 6.45) is 0. The van der Waals surface area contributed by atoms with Crippen LogP contribution < -0.4 is 4.90 Å². The fraction of sp³-hybridized carbons (Fsp3) is 0.312. The average Bonchev–Trinajstić information content (AvgIpc) is 2.62. The minimum Gasteiger partial charge on any atom is -0.352 e. The van der Waals surface area contributed by atoms with Gasteiger partial charge in [-0.2, -0.15) is 5.10 Å². The summed E-state index contributed by atoms with van der Waals surface area (Å²) in [7, 11) is 0. The van der Waals surface area contributed by atoms with E-state index in [0.29, 0.717) is 26.2 Å². The first-order chi connectivity index (χ1) is 12.0. The molecule has 0 N–H and O–H groups in total. The number of aromatic nitrogens is 2. The fourth-order valence-electron chi connectivity index (χ4n) is 2.66. The maximum Gasteiger partial charge on any atom is 0.270 e. The smallest absolute Gasteiger partial charge is 0.270 e. The van der Waals surface area contributed by atoms with E-state index in [1.54, 1.807) is 4.90 Å². The van der Waals surface area contributed by atoms with Crippen molar-refractivity contribution in [1.82, 2.24) is 15.1 Å². The van der Waals surface area contributed by atoms with Crippen LogP contribution in [-0.2, 0) is 0 Å².